The molecule has 0 saturated carbocycles. The molecule has 3 nitrogen and oxygen atoms in total. The number of hydrogen-bond acceptors (Lipinski definition) is 2. The van der Waals surface area contributed by atoms with Gasteiger partial charge in [-0.1, -0.05) is 13.0 Å². The molecule has 98 valence electrons. The molecule has 1 fully saturated rings. The van der Waals surface area contributed by atoms with Gasteiger partial charge in [0.25, 0.3) is 5.91 Å². The van der Waals surface area contributed by atoms with E-state index in [1.54, 1.807) is 12.1 Å². The highest BCUT2D eigenvalue weighted by Gasteiger charge is 2.25. The molecule has 1 aromatic carbocycles. The zero-order valence-electron chi connectivity index (χ0n) is 10.2. The van der Waals surface area contributed by atoms with Gasteiger partial charge in [-0.2, -0.15) is 0 Å². The first-order chi connectivity index (χ1) is 8.59. The standard InChI is InChI=1S/C13H16BrFN2O/c1-8-5-6-16-7-11(8)17-13(18)12-9(14)3-2-4-10(12)15/h2-4,8,11,16H,5-7H2,1H3,(H,17,18). The summed E-state index contributed by atoms with van der Waals surface area (Å²) in [5, 5.41) is 6.13. The molecule has 2 N–H and O–H groups in total. The first-order valence-corrected chi connectivity index (χ1v) is 6.84. The minimum atomic E-state index is -0.502. The third-order valence-electron chi connectivity index (χ3n) is 3.33. The number of piperidine rings is 1. The van der Waals surface area contributed by atoms with Gasteiger partial charge in [-0.05, 0) is 46.9 Å². The topological polar surface area (TPSA) is 41.1 Å². The summed E-state index contributed by atoms with van der Waals surface area (Å²) in [7, 11) is 0. The van der Waals surface area contributed by atoms with Gasteiger partial charge in [0.2, 0.25) is 0 Å². The number of hydrogen-bond donors (Lipinski definition) is 2. The average Bonchev–Trinajstić information content (AvgIpc) is 2.32. The Bertz CT molecular complexity index is 432. The smallest absolute Gasteiger partial charge is 0.255 e. The molecule has 1 amide bonds. The van der Waals surface area contributed by atoms with E-state index in [2.05, 4.69) is 33.5 Å². The van der Waals surface area contributed by atoms with Crippen molar-refractivity contribution in [2.75, 3.05) is 13.1 Å². The van der Waals surface area contributed by atoms with Crippen LogP contribution >= 0.6 is 15.9 Å². The molecule has 0 spiro atoms. The molecule has 2 rings (SSSR count). The van der Waals surface area contributed by atoms with Gasteiger partial charge < -0.3 is 10.6 Å². The fourth-order valence-electron chi connectivity index (χ4n) is 2.14. The van der Waals surface area contributed by atoms with Gasteiger partial charge in [-0.3, -0.25) is 4.79 Å². The van der Waals surface area contributed by atoms with E-state index < -0.39 is 5.82 Å². The van der Waals surface area contributed by atoms with Crippen LogP contribution < -0.4 is 10.6 Å². The zero-order valence-corrected chi connectivity index (χ0v) is 11.8. The second-order valence-electron chi connectivity index (χ2n) is 4.65. The van der Waals surface area contributed by atoms with Crippen molar-refractivity contribution in [3.05, 3.63) is 34.1 Å². The molecule has 2 atom stereocenters. The summed E-state index contributed by atoms with van der Waals surface area (Å²) < 4.78 is 14.1. The Morgan fingerprint density at radius 1 is 1.56 bits per heavy atom. The van der Waals surface area contributed by atoms with Crippen LogP contribution in [0.15, 0.2) is 22.7 Å². The lowest BCUT2D eigenvalue weighted by Gasteiger charge is -2.30. The summed E-state index contributed by atoms with van der Waals surface area (Å²) in [6, 6.07) is 4.58. The fourth-order valence-corrected chi connectivity index (χ4v) is 2.66. The SMILES string of the molecule is CC1CCNCC1NC(=O)c1c(F)cccc1Br. The fraction of sp³-hybridized carbons (Fsp3) is 0.462. The van der Waals surface area contributed by atoms with Crippen LogP contribution in [0, 0.1) is 11.7 Å². The Morgan fingerprint density at radius 2 is 2.33 bits per heavy atom. The number of benzene rings is 1. The number of nitrogens with one attached hydrogen (secondary N) is 2. The van der Waals surface area contributed by atoms with Crippen LogP contribution in [0.3, 0.4) is 0 Å². The van der Waals surface area contributed by atoms with Crippen molar-refractivity contribution in [3.8, 4) is 0 Å². The predicted molar refractivity (Wildman–Crippen MR) is 72.0 cm³/mol. The van der Waals surface area contributed by atoms with Crippen LogP contribution in [0.4, 0.5) is 4.39 Å². The maximum absolute atomic E-state index is 13.6. The molecule has 0 radical (unpaired) electrons. The van der Waals surface area contributed by atoms with Crippen molar-refractivity contribution in [3.63, 3.8) is 0 Å². The molecule has 0 aliphatic carbocycles. The van der Waals surface area contributed by atoms with E-state index in [0.717, 1.165) is 19.5 Å². The van der Waals surface area contributed by atoms with Gasteiger partial charge in [-0.15, -0.1) is 0 Å². The average molecular weight is 315 g/mol. The van der Waals surface area contributed by atoms with E-state index in [0.29, 0.717) is 10.4 Å². The molecule has 1 heterocycles. The maximum atomic E-state index is 13.6. The summed E-state index contributed by atoms with van der Waals surface area (Å²) in [5.74, 6) is -0.459. The van der Waals surface area contributed by atoms with E-state index in [9.17, 15) is 9.18 Å². The molecule has 0 bridgehead atoms. The molecule has 5 heteroatoms. The number of carbonyl (C=O) groups is 1. The third kappa shape index (κ3) is 2.90. The van der Waals surface area contributed by atoms with Crippen LogP contribution in [0.2, 0.25) is 0 Å². The molecule has 18 heavy (non-hydrogen) atoms. The van der Waals surface area contributed by atoms with Gasteiger partial charge in [-0.25, -0.2) is 4.39 Å². The molecule has 1 aliphatic rings. The molecular weight excluding hydrogens is 299 g/mol. The normalized spacial score (nSPS) is 23.7. The number of carbonyl (C=O) groups excluding carboxylic acids is 1. The lowest BCUT2D eigenvalue weighted by molar-refractivity contribution is 0.0910. The lowest BCUT2D eigenvalue weighted by Crippen LogP contribution is -2.50. The van der Waals surface area contributed by atoms with Crippen molar-refractivity contribution in [2.45, 2.75) is 19.4 Å². The van der Waals surface area contributed by atoms with Gasteiger partial charge in [0.1, 0.15) is 5.82 Å². The Balaban J connectivity index is 2.12. The van der Waals surface area contributed by atoms with Crippen molar-refractivity contribution in [1.29, 1.82) is 0 Å². The quantitative estimate of drug-likeness (QED) is 0.879. The van der Waals surface area contributed by atoms with E-state index in [-0.39, 0.29) is 17.5 Å². The second-order valence-corrected chi connectivity index (χ2v) is 5.50. The molecule has 1 saturated heterocycles. The first kappa shape index (κ1) is 13.5. The van der Waals surface area contributed by atoms with Gasteiger partial charge in [0, 0.05) is 17.1 Å². The molecule has 2 unspecified atom stereocenters. The predicted octanol–water partition coefficient (Wildman–Crippen LogP) is 2.32. The Labute approximate surface area is 114 Å². The lowest BCUT2D eigenvalue weighted by atomic mass is 9.94. The maximum Gasteiger partial charge on any atom is 0.255 e. The van der Waals surface area contributed by atoms with Crippen LogP contribution in [0.25, 0.3) is 0 Å². The monoisotopic (exact) mass is 314 g/mol. The van der Waals surface area contributed by atoms with Crippen LogP contribution in [-0.2, 0) is 0 Å². The number of amides is 1. The second kappa shape index (κ2) is 5.80. The molecule has 1 aromatic rings. The highest BCUT2D eigenvalue weighted by atomic mass is 79.9. The van der Waals surface area contributed by atoms with Gasteiger partial charge >= 0.3 is 0 Å². The number of halogens is 2. The van der Waals surface area contributed by atoms with E-state index >= 15 is 0 Å². The summed E-state index contributed by atoms with van der Waals surface area (Å²) in [5.41, 5.74) is 0.0790. The van der Waals surface area contributed by atoms with Crippen molar-refractivity contribution in [2.24, 2.45) is 5.92 Å². The Kier molecular flexibility index (Phi) is 4.35. The van der Waals surface area contributed by atoms with Crippen LogP contribution in [0.5, 0.6) is 0 Å². The summed E-state index contributed by atoms with van der Waals surface area (Å²) >= 11 is 3.21. The van der Waals surface area contributed by atoms with Crippen molar-refractivity contribution < 1.29 is 9.18 Å². The Hall–Kier alpha value is -0.940. The summed E-state index contributed by atoms with van der Waals surface area (Å²) in [6.45, 7) is 3.80. The largest absolute Gasteiger partial charge is 0.348 e. The van der Waals surface area contributed by atoms with Gasteiger partial charge in [0.15, 0.2) is 0 Å². The first-order valence-electron chi connectivity index (χ1n) is 6.05. The van der Waals surface area contributed by atoms with Crippen LogP contribution in [-0.4, -0.2) is 25.0 Å². The number of rotatable bonds is 2. The summed E-state index contributed by atoms with van der Waals surface area (Å²) in [4.78, 5) is 12.1. The third-order valence-corrected chi connectivity index (χ3v) is 3.99. The van der Waals surface area contributed by atoms with Crippen molar-refractivity contribution in [1.82, 2.24) is 10.6 Å². The summed E-state index contributed by atoms with van der Waals surface area (Å²) in [6.07, 6.45) is 1.02. The van der Waals surface area contributed by atoms with E-state index in [1.807, 2.05) is 0 Å². The van der Waals surface area contributed by atoms with E-state index in [1.165, 1.54) is 6.07 Å². The molecule has 0 aromatic heterocycles. The molecular formula is C13H16BrFN2O. The highest BCUT2D eigenvalue weighted by molar-refractivity contribution is 9.10. The Morgan fingerprint density at radius 3 is 3.00 bits per heavy atom. The van der Waals surface area contributed by atoms with Gasteiger partial charge in [0.05, 0.1) is 5.56 Å². The highest BCUT2D eigenvalue weighted by Crippen LogP contribution is 2.20. The minimum absolute atomic E-state index is 0.0535. The van der Waals surface area contributed by atoms with Crippen molar-refractivity contribution >= 4 is 21.8 Å². The molecule has 1 aliphatic heterocycles. The minimum Gasteiger partial charge on any atom is -0.348 e. The van der Waals surface area contributed by atoms with Crippen LogP contribution in [0.1, 0.15) is 23.7 Å². The van der Waals surface area contributed by atoms with E-state index in [4.69, 9.17) is 0 Å². The zero-order chi connectivity index (χ0) is 13.1.